The van der Waals surface area contributed by atoms with Crippen molar-refractivity contribution in [2.75, 3.05) is 0 Å². The number of fused-ring (bicyclic) bond motifs is 2. The molecule has 3 aliphatic rings. The average molecular weight is 350 g/mol. The van der Waals surface area contributed by atoms with E-state index >= 15 is 0 Å². The lowest BCUT2D eigenvalue weighted by Crippen LogP contribution is -2.37. The average Bonchev–Trinajstić information content (AvgIpc) is 3.07. The quantitative estimate of drug-likeness (QED) is 0.304. The molecule has 0 aromatic carbocycles. The van der Waals surface area contributed by atoms with Gasteiger partial charge < -0.3 is 19.7 Å². The van der Waals surface area contributed by atoms with E-state index in [1.807, 2.05) is 32.9 Å². The number of aliphatic hydroxyl groups excluding tert-OH is 1. The standard InChI is InChI=1S/C20H30O5/c1-12-7-5-8-19(3,23)9-6-10-20(4)15(25-20)11-14-13(2)18(22)24-17(14)16(12)21/h6,9,12,14-17,21,23H,2,5,7-8,10-11H2,1,3-4H3. The molecule has 0 amide bonds. The first-order valence-electron chi connectivity index (χ1n) is 9.29. The summed E-state index contributed by atoms with van der Waals surface area (Å²) in [4.78, 5) is 12.0. The van der Waals surface area contributed by atoms with Crippen LogP contribution < -0.4 is 0 Å². The second-order valence-electron chi connectivity index (χ2n) is 8.48. The van der Waals surface area contributed by atoms with Crippen LogP contribution in [0, 0.1) is 11.8 Å². The zero-order valence-corrected chi connectivity index (χ0v) is 15.4. The van der Waals surface area contributed by atoms with E-state index in [1.54, 1.807) is 0 Å². The Morgan fingerprint density at radius 1 is 1.36 bits per heavy atom. The molecule has 2 saturated heterocycles. The molecule has 2 heterocycles. The van der Waals surface area contributed by atoms with E-state index < -0.39 is 23.8 Å². The van der Waals surface area contributed by atoms with Crippen molar-refractivity contribution in [2.45, 2.75) is 82.4 Å². The third-order valence-corrected chi connectivity index (χ3v) is 6.11. The third-order valence-electron chi connectivity index (χ3n) is 6.11. The molecule has 0 bridgehead atoms. The lowest BCUT2D eigenvalue weighted by Gasteiger charge is -2.28. The maximum atomic E-state index is 12.0. The molecule has 2 N–H and O–H groups in total. The molecule has 0 aromatic heterocycles. The molecule has 3 rings (SSSR count). The van der Waals surface area contributed by atoms with Crippen LogP contribution in [0.25, 0.3) is 0 Å². The highest BCUT2D eigenvalue weighted by Gasteiger charge is 2.55. The van der Waals surface area contributed by atoms with Gasteiger partial charge in [-0.2, -0.15) is 0 Å². The van der Waals surface area contributed by atoms with Crippen LogP contribution in [-0.4, -0.2) is 45.7 Å². The number of hydrogen-bond donors (Lipinski definition) is 2. The molecule has 0 aromatic rings. The molecule has 0 saturated carbocycles. The van der Waals surface area contributed by atoms with E-state index in [2.05, 4.69) is 6.58 Å². The summed E-state index contributed by atoms with van der Waals surface area (Å²) < 4.78 is 11.3. The number of epoxide rings is 1. The second kappa shape index (κ2) is 6.53. The second-order valence-corrected chi connectivity index (χ2v) is 8.48. The Morgan fingerprint density at radius 2 is 2.08 bits per heavy atom. The van der Waals surface area contributed by atoms with Gasteiger partial charge in [0.2, 0.25) is 0 Å². The van der Waals surface area contributed by atoms with Crippen LogP contribution in [0.2, 0.25) is 0 Å². The van der Waals surface area contributed by atoms with Crippen molar-refractivity contribution in [1.82, 2.24) is 0 Å². The van der Waals surface area contributed by atoms with Gasteiger partial charge in [-0.15, -0.1) is 0 Å². The number of ether oxygens (including phenoxy) is 2. The monoisotopic (exact) mass is 350 g/mol. The van der Waals surface area contributed by atoms with Crippen LogP contribution in [0.3, 0.4) is 0 Å². The molecular formula is C20H30O5. The number of carbonyl (C=O) groups excluding carboxylic acids is 1. The highest BCUT2D eigenvalue weighted by molar-refractivity contribution is 5.90. The van der Waals surface area contributed by atoms with Crippen LogP contribution in [0.1, 0.15) is 52.9 Å². The van der Waals surface area contributed by atoms with Gasteiger partial charge in [-0.1, -0.05) is 25.7 Å². The maximum absolute atomic E-state index is 12.0. The predicted molar refractivity (Wildman–Crippen MR) is 93.8 cm³/mol. The SMILES string of the molecule is C=C1C(=O)OC2C1CC1OC1(C)CC=CC(C)(O)CCCC(C)C2O. The first-order chi connectivity index (χ1) is 11.6. The zero-order valence-electron chi connectivity index (χ0n) is 15.4. The summed E-state index contributed by atoms with van der Waals surface area (Å²) in [6.45, 7) is 9.70. The van der Waals surface area contributed by atoms with E-state index in [1.165, 1.54) is 0 Å². The lowest BCUT2D eigenvalue weighted by molar-refractivity contribution is -0.146. The summed E-state index contributed by atoms with van der Waals surface area (Å²) in [5, 5.41) is 21.2. The minimum atomic E-state index is -0.855. The van der Waals surface area contributed by atoms with Gasteiger partial charge >= 0.3 is 5.97 Å². The Balaban J connectivity index is 1.82. The summed E-state index contributed by atoms with van der Waals surface area (Å²) in [5.41, 5.74) is -0.699. The van der Waals surface area contributed by atoms with Gasteiger partial charge in [0.05, 0.1) is 23.4 Å². The topological polar surface area (TPSA) is 79.3 Å². The molecule has 2 fully saturated rings. The van der Waals surface area contributed by atoms with E-state index in [-0.39, 0.29) is 23.5 Å². The number of esters is 1. The number of rotatable bonds is 0. The Kier molecular flexibility index (Phi) is 4.86. The molecule has 140 valence electrons. The first kappa shape index (κ1) is 18.6. The Morgan fingerprint density at radius 3 is 2.80 bits per heavy atom. The van der Waals surface area contributed by atoms with Gasteiger partial charge in [0.25, 0.3) is 0 Å². The molecule has 7 atom stereocenters. The molecule has 1 aliphatic carbocycles. The van der Waals surface area contributed by atoms with Gasteiger partial charge in [-0.05, 0) is 51.9 Å². The van der Waals surface area contributed by atoms with Crippen molar-refractivity contribution in [3.05, 3.63) is 24.3 Å². The molecule has 5 heteroatoms. The van der Waals surface area contributed by atoms with Crippen molar-refractivity contribution < 1.29 is 24.5 Å². The summed E-state index contributed by atoms with van der Waals surface area (Å²) >= 11 is 0. The zero-order chi connectivity index (χ0) is 18.4. The normalized spacial score (nSPS) is 48.3. The van der Waals surface area contributed by atoms with E-state index in [0.717, 1.165) is 12.8 Å². The van der Waals surface area contributed by atoms with Crippen molar-refractivity contribution in [1.29, 1.82) is 0 Å². The van der Waals surface area contributed by atoms with Crippen molar-refractivity contribution in [2.24, 2.45) is 11.8 Å². The Hall–Kier alpha value is -1.17. The first-order valence-corrected chi connectivity index (χ1v) is 9.29. The number of hydrogen-bond acceptors (Lipinski definition) is 5. The summed E-state index contributed by atoms with van der Waals surface area (Å²) in [5.74, 6) is -0.636. The van der Waals surface area contributed by atoms with Crippen LogP contribution >= 0.6 is 0 Å². The molecule has 25 heavy (non-hydrogen) atoms. The highest BCUT2D eigenvalue weighted by Crippen LogP contribution is 2.47. The molecule has 0 radical (unpaired) electrons. The highest BCUT2D eigenvalue weighted by atomic mass is 16.6. The van der Waals surface area contributed by atoms with Gasteiger partial charge in [0.1, 0.15) is 6.10 Å². The lowest BCUT2D eigenvalue weighted by atomic mass is 9.81. The van der Waals surface area contributed by atoms with E-state index in [4.69, 9.17) is 9.47 Å². The predicted octanol–water partition coefficient (Wildman–Crippen LogP) is 2.51. The van der Waals surface area contributed by atoms with Crippen molar-refractivity contribution in [3.63, 3.8) is 0 Å². The van der Waals surface area contributed by atoms with Crippen molar-refractivity contribution in [3.8, 4) is 0 Å². The largest absolute Gasteiger partial charge is 0.456 e. The minimum Gasteiger partial charge on any atom is -0.456 e. The van der Waals surface area contributed by atoms with Gasteiger partial charge in [-0.25, -0.2) is 4.79 Å². The smallest absolute Gasteiger partial charge is 0.334 e. The Labute approximate surface area is 149 Å². The fourth-order valence-electron chi connectivity index (χ4n) is 4.12. The van der Waals surface area contributed by atoms with Crippen LogP contribution in [-0.2, 0) is 14.3 Å². The summed E-state index contributed by atoms with van der Waals surface area (Å²) in [7, 11) is 0. The third kappa shape index (κ3) is 3.83. The molecule has 7 unspecified atom stereocenters. The van der Waals surface area contributed by atoms with Gasteiger partial charge in [-0.3, -0.25) is 0 Å². The van der Waals surface area contributed by atoms with Crippen LogP contribution in [0.5, 0.6) is 0 Å². The minimum absolute atomic E-state index is 0.00583. The Bertz CT molecular complexity index is 581. The number of aliphatic hydroxyl groups is 2. The maximum Gasteiger partial charge on any atom is 0.334 e. The molecular weight excluding hydrogens is 320 g/mol. The van der Waals surface area contributed by atoms with E-state index in [9.17, 15) is 15.0 Å². The van der Waals surface area contributed by atoms with Crippen LogP contribution in [0.4, 0.5) is 0 Å². The fraction of sp³-hybridized carbons (Fsp3) is 0.750. The summed E-state index contributed by atoms with van der Waals surface area (Å²) in [6, 6.07) is 0. The van der Waals surface area contributed by atoms with Gasteiger partial charge in [0.15, 0.2) is 0 Å². The van der Waals surface area contributed by atoms with E-state index in [0.29, 0.717) is 24.8 Å². The van der Waals surface area contributed by atoms with Crippen molar-refractivity contribution >= 4 is 5.97 Å². The molecule has 0 spiro atoms. The number of carbonyl (C=O) groups is 1. The molecule has 2 aliphatic heterocycles. The molecule has 5 nitrogen and oxygen atoms in total. The fourth-order valence-corrected chi connectivity index (χ4v) is 4.12. The summed E-state index contributed by atoms with van der Waals surface area (Å²) in [6.07, 6.45) is 6.08. The van der Waals surface area contributed by atoms with Gasteiger partial charge in [0, 0.05) is 11.5 Å². The van der Waals surface area contributed by atoms with Crippen LogP contribution in [0.15, 0.2) is 24.3 Å².